The Bertz CT molecular complexity index is 555. The van der Waals surface area contributed by atoms with Gasteiger partial charge in [0.25, 0.3) is 0 Å². The Kier molecular flexibility index (Phi) is 4.91. The number of aromatic nitrogens is 1. The van der Waals surface area contributed by atoms with E-state index in [9.17, 15) is 9.59 Å². The summed E-state index contributed by atoms with van der Waals surface area (Å²) in [5.41, 5.74) is 1.09. The van der Waals surface area contributed by atoms with Crippen molar-refractivity contribution in [3.8, 4) is 0 Å². The van der Waals surface area contributed by atoms with Crippen molar-refractivity contribution >= 4 is 11.8 Å². The van der Waals surface area contributed by atoms with Crippen molar-refractivity contribution in [2.45, 2.75) is 31.8 Å². The van der Waals surface area contributed by atoms with Crippen LogP contribution in [0.1, 0.15) is 25.0 Å². The largest absolute Gasteiger partial charge is 0.353 e. The highest BCUT2D eigenvalue weighted by molar-refractivity contribution is 5.89. The van der Waals surface area contributed by atoms with Gasteiger partial charge in [0.05, 0.1) is 11.6 Å². The molecule has 2 aliphatic rings. The average molecular weight is 316 g/mol. The summed E-state index contributed by atoms with van der Waals surface area (Å²) in [4.78, 5) is 32.2. The Morgan fingerprint density at radius 3 is 2.74 bits per heavy atom. The van der Waals surface area contributed by atoms with Crippen LogP contribution in [0.3, 0.4) is 0 Å². The van der Waals surface area contributed by atoms with Crippen LogP contribution in [0.25, 0.3) is 0 Å². The number of piperidine rings is 1. The summed E-state index contributed by atoms with van der Waals surface area (Å²) in [6.45, 7) is 3.34. The number of likely N-dealkylation sites (tertiary alicyclic amines) is 2. The first-order valence-corrected chi connectivity index (χ1v) is 8.28. The van der Waals surface area contributed by atoms with Crippen molar-refractivity contribution in [2.75, 3.05) is 26.7 Å². The van der Waals surface area contributed by atoms with Crippen LogP contribution in [0.2, 0.25) is 0 Å². The molecule has 1 N–H and O–H groups in total. The fourth-order valence-corrected chi connectivity index (χ4v) is 3.31. The minimum atomic E-state index is -0.181. The molecule has 3 heterocycles. The second kappa shape index (κ2) is 7.08. The highest BCUT2D eigenvalue weighted by Gasteiger charge is 2.33. The topological polar surface area (TPSA) is 65.5 Å². The predicted molar refractivity (Wildman–Crippen MR) is 86.4 cm³/mol. The van der Waals surface area contributed by atoms with Gasteiger partial charge in [-0.15, -0.1) is 0 Å². The molecule has 0 aliphatic carbocycles. The van der Waals surface area contributed by atoms with Gasteiger partial charge in [-0.25, -0.2) is 0 Å². The second-order valence-electron chi connectivity index (χ2n) is 6.56. The molecule has 2 amide bonds. The van der Waals surface area contributed by atoms with Crippen LogP contribution in [0.5, 0.6) is 0 Å². The van der Waals surface area contributed by atoms with Gasteiger partial charge in [-0.3, -0.25) is 19.5 Å². The number of pyridine rings is 1. The van der Waals surface area contributed by atoms with Crippen LogP contribution in [0.4, 0.5) is 0 Å². The van der Waals surface area contributed by atoms with Crippen molar-refractivity contribution in [1.82, 2.24) is 20.1 Å². The molecule has 1 aromatic heterocycles. The fourth-order valence-electron chi connectivity index (χ4n) is 3.31. The van der Waals surface area contributed by atoms with E-state index in [2.05, 4.69) is 15.2 Å². The van der Waals surface area contributed by atoms with E-state index in [0.29, 0.717) is 13.0 Å². The Hall–Kier alpha value is -1.95. The molecule has 1 atom stereocenters. The first kappa shape index (κ1) is 15.9. The van der Waals surface area contributed by atoms with E-state index in [1.165, 1.54) is 0 Å². The van der Waals surface area contributed by atoms with Crippen LogP contribution in [0, 0.1) is 5.92 Å². The van der Waals surface area contributed by atoms with Gasteiger partial charge in [-0.1, -0.05) is 6.07 Å². The molecule has 1 aromatic rings. The molecule has 23 heavy (non-hydrogen) atoms. The molecule has 2 saturated heterocycles. The normalized spacial score (nSPS) is 23.3. The lowest BCUT2D eigenvalue weighted by Crippen LogP contribution is -2.46. The Morgan fingerprint density at radius 1 is 1.35 bits per heavy atom. The predicted octanol–water partition coefficient (Wildman–Crippen LogP) is 0.641. The van der Waals surface area contributed by atoms with Crippen LogP contribution in [0.15, 0.2) is 24.4 Å². The molecule has 0 saturated carbocycles. The van der Waals surface area contributed by atoms with Gasteiger partial charge >= 0.3 is 0 Å². The molecule has 124 valence electrons. The first-order chi connectivity index (χ1) is 11.1. The average Bonchev–Trinajstić information content (AvgIpc) is 2.90. The van der Waals surface area contributed by atoms with Gasteiger partial charge in [-0.05, 0) is 25.0 Å². The summed E-state index contributed by atoms with van der Waals surface area (Å²) in [5, 5.41) is 3.13. The highest BCUT2D eigenvalue weighted by Crippen LogP contribution is 2.18. The lowest BCUT2D eigenvalue weighted by atomic mass is 10.0. The summed E-state index contributed by atoms with van der Waals surface area (Å²) in [6, 6.07) is 6.20. The number of hydrogen-bond acceptors (Lipinski definition) is 4. The molecule has 0 radical (unpaired) electrons. The Balaban J connectivity index is 1.42. The summed E-state index contributed by atoms with van der Waals surface area (Å²) in [7, 11) is 1.76. The van der Waals surface area contributed by atoms with Crippen molar-refractivity contribution in [3.05, 3.63) is 30.1 Å². The number of amides is 2. The smallest absolute Gasteiger partial charge is 0.225 e. The number of nitrogens with one attached hydrogen (secondary N) is 1. The Morgan fingerprint density at radius 2 is 2.13 bits per heavy atom. The number of nitrogens with zero attached hydrogens (tertiary/aromatic N) is 3. The van der Waals surface area contributed by atoms with E-state index in [0.717, 1.165) is 38.2 Å². The minimum Gasteiger partial charge on any atom is -0.353 e. The van der Waals surface area contributed by atoms with E-state index >= 15 is 0 Å². The molecular weight excluding hydrogens is 292 g/mol. The summed E-state index contributed by atoms with van der Waals surface area (Å²) < 4.78 is 0. The molecule has 6 heteroatoms. The minimum absolute atomic E-state index is 0.0332. The molecule has 0 spiro atoms. The number of carbonyl (C=O) groups excluding carboxylic acids is 2. The van der Waals surface area contributed by atoms with Crippen LogP contribution in [-0.2, 0) is 16.1 Å². The van der Waals surface area contributed by atoms with Gasteiger partial charge in [0, 0.05) is 51.9 Å². The molecule has 0 aromatic carbocycles. The highest BCUT2D eigenvalue weighted by atomic mass is 16.2. The number of rotatable bonds is 4. The molecular formula is C17H24N4O2. The summed E-state index contributed by atoms with van der Waals surface area (Å²) in [6.07, 6.45) is 4.08. The van der Waals surface area contributed by atoms with Crippen molar-refractivity contribution in [3.63, 3.8) is 0 Å². The van der Waals surface area contributed by atoms with Gasteiger partial charge in [-0.2, -0.15) is 0 Å². The SMILES string of the molecule is CN1CC(C(=O)NC2CCN(Cc3ccccn3)CC2)CC1=O. The van der Waals surface area contributed by atoms with Gasteiger partial charge in [0.15, 0.2) is 0 Å². The van der Waals surface area contributed by atoms with Crippen molar-refractivity contribution < 1.29 is 9.59 Å². The number of carbonyl (C=O) groups is 2. The monoisotopic (exact) mass is 316 g/mol. The quantitative estimate of drug-likeness (QED) is 0.885. The lowest BCUT2D eigenvalue weighted by molar-refractivity contribution is -0.128. The van der Waals surface area contributed by atoms with Crippen molar-refractivity contribution in [2.24, 2.45) is 5.92 Å². The van der Waals surface area contributed by atoms with Crippen LogP contribution < -0.4 is 5.32 Å². The van der Waals surface area contributed by atoms with Gasteiger partial charge in [0.1, 0.15) is 0 Å². The zero-order chi connectivity index (χ0) is 16.2. The third kappa shape index (κ3) is 4.07. The van der Waals surface area contributed by atoms with Crippen molar-refractivity contribution in [1.29, 1.82) is 0 Å². The van der Waals surface area contributed by atoms with E-state index in [1.54, 1.807) is 11.9 Å². The first-order valence-electron chi connectivity index (χ1n) is 8.28. The fraction of sp³-hybridized carbons (Fsp3) is 0.588. The summed E-state index contributed by atoms with van der Waals surface area (Å²) >= 11 is 0. The zero-order valence-corrected chi connectivity index (χ0v) is 13.6. The molecule has 6 nitrogen and oxygen atoms in total. The molecule has 1 unspecified atom stereocenters. The van der Waals surface area contributed by atoms with E-state index < -0.39 is 0 Å². The van der Waals surface area contributed by atoms with Crippen LogP contribution in [-0.4, -0.2) is 59.3 Å². The molecule has 0 bridgehead atoms. The Labute approximate surface area is 136 Å². The van der Waals surface area contributed by atoms with Crippen LogP contribution >= 0.6 is 0 Å². The zero-order valence-electron chi connectivity index (χ0n) is 13.6. The van der Waals surface area contributed by atoms with Gasteiger partial charge < -0.3 is 10.2 Å². The molecule has 3 rings (SSSR count). The standard InChI is InChI=1S/C17H24N4O2/c1-20-11-13(10-16(20)22)17(23)19-14-5-8-21(9-6-14)12-15-4-2-3-7-18-15/h2-4,7,13-14H,5-6,8-12H2,1H3,(H,19,23). The molecule has 2 aliphatic heterocycles. The van der Waals surface area contributed by atoms with E-state index in [-0.39, 0.29) is 23.8 Å². The molecule has 2 fully saturated rings. The van der Waals surface area contributed by atoms with E-state index in [4.69, 9.17) is 0 Å². The maximum absolute atomic E-state index is 12.3. The maximum Gasteiger partial charge on any atom is 0.225 e. The van der Waals surface area contributed by atoms with Gasteiger partial charge in [0.2, 0.25) is 11.8 Å². The lowest BCUT2D eigenvalue weighted by Gasteiger charge is -2.32. The summed E-state index contributed by atoms with van der Waals surface area (Å²) in [5.74, 6) is -0.0831. The third-order valence-electron chi connectivity index (χ3n) is 4.76. The third-order valence-corrected chi connectivity index (χ3v) is 4.76. The number of hydrogen-bond donors (Lipinski definition) is 1. The van der Waals surface area contributed by atoms with E-state index in [1.807, 2.05) is 24.4 Å². The second-order valence-corrected chi connectivity index (χ2v) is 6.56. The maximum atomic E-state index is 12.3.